The molecule has 176 valence electrons. The average Bonchev–Trinajstić information content (AvgIpc) is 3.45. The number of fused-ring (bicyclic) bond motifs is 2. The summed E-state index contributed by atoms with van der Waals surface area (Å²) in [6, 6.07) is 8.14. The lowest BCUT2D eigenvalue weighted by atomic mass is 10.2. The summed E-state index contributed by atoms with van der Waals surface area (Å²) in [5, 5.41) is 10.3. The summed E-state index contributed by atoms with van der Waals surface area (Å²) < 4.78 is 32.3. The molecule has 1 saturated heterocycles. The van der Waals surface area contributed by atoms with Crippen molar-refractivity contribution in [1.82, 2.24) is 19.9 Å². The second-order valence-corrected chi connectivity index (χ2v) is 8.18. The van der Waals surface area contributed by atoms with Gasteiger partial charge in [0.25, 0.3) is 0 Å². The zero-order valence-electron chi connectivity index (χ0n) is 18.7. The van der Waals surface area contributed by atoms with Gasteiger partial charge >= 0.3 is 6.09 Å². The minimum atomic E-state index is -0.952. The first-order valence-electron chi connectivity index (χ1n) is 10.9. The average molecular weight is 466 g/mol. The number of hydrogen-bond acceptors (Lipinski definition) is 6. The predicted molar refractivity (Wildman–Crippen MR) is 122 cm³/mol. The first-order valence-corrected chi connectivity index (χ1v) is 10.9. The van der Waals surface area contributed by atoms with Crippen LogP contribution in [0.25, 0.3) is 21.8 Å². The number of hydrogen-bond donors (Lipinski definition) is 2. The molecule has 1 amide bonds. The van der Waals surface area contributed by atoms with E-state index in [-0.39, 0.29) is 24.3 Å². The maximum atomic E-state index is 15.0. The monoisotopic (exact) mass is 466 g/mol. The zero-order valence-corrected chi connectivity index (χ0v) is 18.7. The van der Waals surface area contributed by atoms with Gasteiger partial charge in [-0.15, -0.1) is 0 Å². The summed E-state index contributed by atoms with van der Waals surface area (Å²) in [5.41, 5.74) is 2.04. The quantitative estimate of drug-likeness (QED) is 0.417. The van der Waals surface area contributed by atoms with Gasteiger partial charge in [0.1, 0.15) is 12.9 Å². The van der Waals surface area contributed by atoms with Crippen molar-refractivity contribution >= 4 is 27.9 Å². The number of aromatic nitrogens is 3. The highest BCUT2D eigenvalue weighted by atomic mass is 19.1. The van der Waals surface area contributed by atoms with Crippen LogP contribution in [0.2, 0.25) is 0 Å². The molecular weight excluding hydrogens is 443 g/mol. The molecule has 9 nitrogen and oxygen atoms in total. The van der Waals surface area contributed by atoms with Gasteiger partial charge in [-0.3, -0.25) is 0 Å². The molecule has 1 aliphatic heterocycles. The van der Waals surface area contributed by atoms with E-state index in [4.69, 9.17) is 14.2 Å². The molecule has 1 atom stereocenters. The third-order valence-corrected chi connectivity index (χ3v) is 5.98. The van der Waals surface area contributed by atoms with Crippen LogP contribution >= 0.6 is 0 Å². The molecule has 2 N–H and O–H groups in total. The van der Waals surface area contributed by atoms with Crippen LogP contribution in [0.4, 0.5) is 9.18 Å². The van der Waals surface area contributed by atoms with Crippen molar-refractivity contribution in [1.29, 1.82) is 0 Å². The molecule has 5 rings (SSSR count). The number of methoxy groups -OCH3 is 1. The topological polar surface area (TPSA) is 110 Å². The van der Waals surface area contributed by atoms with Crippen LogP contribution in [0.1, 0.15) is 18.5 Å². The fourth-order valence-corrected chi connectivity index (χ4v) is 4.31. The Kier molecular flexibility index (Phi) is 5.56. The van der Waals surface area contributed by atoms with Gasteiger partial charge in [0, 0.05) is 29.2 Å². The molecule has 0 bridgehead atoms. The number of benzene rings is 2. The summed E-state index contributed by atoms with van der Waals surface area (Å²) in [7, 11) is 1.50. The Balaban J connectivity index is 1.45. The van der Waals surface area contributed by atoms with Crippen molar-refractivity contribution in [2.45, 2.75) is 25.8 Å². The minimum absolute atomic E-state index is 0.0424. The van der Waals surface area contributed by atoms with Crippen LogP contribution in [0, 0.1) is 12.7 Å². The minimum Gasteiger partial charge on any atom is -0.493 e. The van der Waals surface area contributed by atoms with Gasteiger partial charge < -0.3 is 29.2 Å². The number of rotatable bonds is 6. The van der Waals surface area contributed by atoms with Crippen LogP contribution in [-0.2, 0) is 0 Å². The third-order valence-electron chi connectivity index (χ3n) is 5.98. The number of H-pyrrole nitrogens is 1. The zero-order chi connectivity index (χ0) is 23.8. The molecule has 0 unspecified atom stereocenters. The second-order valence-electron chi connectivity index (χ2n) is 8.18. The molecular formula is C24H23FN4O5. The summed E-state index contributed by atoms with van der Waals surface area (Å²) in [6.07, 6.45) is 1.91. The Morgan fingerprint density at radius 2 is 2.06 bits per heavy atom. The van der Waals surface area contributed by atoms with Crippen molar-refractivity contribution < 1.29 is 28.5 Å². The number of nitrogens with one attached hydrogen (secondary N) is 1. The molecule has 0 spiro atoms. The van der Waals surface area contributed by atoms with E-state index >= 15 is 4.39 Å². The number of carboxylic acid groups (broad SMARTS) is 1. The number of nitrogens with zero attached hydrogens (tertiary/aromatic N) is 3. The summed E-state index contributed by atoms with van der Waals surface area (Å²) in [4.78, 5) is 24.4. The van der Waals surface area contributed by atoms with Crippen LogP contribution in [-0.4, -0.2) is 57.4 Å². The van der Waals surface area contributed by atoms with E-state index in [9.17, 15) is 9.90 Å². The van der Waals surface area contributed by atoms with Crippen molar-refractivity contribution in [2.24, 2.45) is 0 Å². The number of aromatic amines is 1. The number of amides is 1. The molecule has 2 aromatic carbocycles. The van der Waals surface area contributed by atoms with E-state index in [1.807, 2.05) is 6.92 Å². The van der Waals surface area contributed by atoms with Gasteiger partial charge in [0.05, 0.1) is 24.1 Å². The van der Waals surface area contributed by atoms with Crippen LogP contribution < -0.4 is 14.2 Å². The first kappa shape index (κ1) is 21.7. The van der Waals surface area contributed by atoms with Crippen LogP contribution in [0.5, 0.6) is 23.1 Å². The molecule has 0 aliphatic carbocycles. The number of likely N-dealkylation sites (tertiary alicyclic amines) is 1. The van der Waals surface area contributed by atoms with Crippen molar-refractivity contribution in [3.63, 3.8) is 0 Å². The molecule has 1 aliphatic rings. The standard InChI is InChI=1S/C24H23FN4O5/c1-13-8-15-17(28-13)5-6-19(22(15)25)34-23-16-9-20(32-2)21(10-18(16)26-12-27-23)33-11-14-4-3-7-29(14)24(30)31/h5-6,8-10,12,14,28H,3-4,7,11H2,1-2H3,(H,30,31)/t14-/m1/s1. The normalized spacial score (nSPS) is 15.7. The van der Waals surface area contributed by atoms with Gasteiger partial charge in [0.2, 0.25) is 5.88 Å². The first-order chi connectivity index (χ1) is 16.4. The van der Waals surface area contributed by atoms with Gasteiger partial charge in [-0.2, -0.15) is 0 Å². The van der Waals surface area contributed by atoms with E-state index in [2.05, 4.69) is 15.0 Å². The summed E-state index contributed by atoms with van der Waals surface area (Å²) in [5.74, 6) is 0.561. The Bertz CT molecular complexity index is 1390. The van der Waals surface area contributed by atoms with Crippen LogP contribution in [0.3, 0.4) is 0 Å². The molecule has 2 aromatic heterocycles. The maximum Gasteiger partial charge on any atom is 0.407 e. The smallest absolute Gasteiger partial charge is 0.407 e. The largest absolute Gasteiger partial charge is 0.493 e. The van der Waals surface area contributed by atoms with Crippen molar-refractivity contribution in [3.05, 3.63) is 48.2 Å². The fraction of sp³-hybridized carbons (Fsp3) is 0.292. The van der Waals surface area contributed by atoms with E-state index < -0.39 is 11.9 Å². The van der Waals surface area contributed by atoms with Gasteiger partial charge in [0.15, 0.2) is 23.1 Å². The lowest BCUT2D eigenvalue weighted by Crippen LogP contribution is -2.38. The lowest BCUT2D eigenvalue weighted by molar-refractivity contribution is 0.122. The molecule has 4 aromatic rings. The Morgan fingerprint density at radius 1 is 1.21 bits per heavy atom. The Hall–Kier alpha value is -4.08. The Labute approximate surface area is 194 Å². The van der Waals surface area contributed by atoms with Crippen molar-refractivity contribution in [2.75, 3.05) is 20.3 Å². The van der Waals surface area contributed by atoms with E-state index in [0.29, 0.717) is 39.8 Å². The molecule has 34 heavy (non-hydrogen) atoms. The molecule has 10 heteroatoms. The maximum absolute atomic E-state index is 15.0. The Morgan fingerprint density at radius 3 is 2.85 bits per heavy atom. The van der Waals surface area contributed by atoms with E-state index in [1.54, 1.807) is 30.3 Å². The number of aryl methyl sites for hydroxylation is 1. The van der Waals surface area contributed by atoms with Crippen LogP contribution in [0.15, 0.2) is 36.7 Å². The van der Waals surface area contributed by atoms with E-state index in [0.717, 1.165) is 18.5 Å². The SMILES string of the molecule is COc1cc2c(Oc3ccc4[nH]c(C)cc4c3F)ncnc2cc1OC[C@H]1CCCN1C(=O)O. The van der Waals surface area contributed by atoms with Gasteiger partial charge in [-0.05, 0) is 44.0 Å². The van der Waals surface area contributed by atoms with Crippen molar-refractivity contribution in [3.8, 4) is 23.1 Å². The van der Waals surface area contributed by atoms with E-state index in [1.165, 1.54) is 18.3 Å². The highest BCUT2D eigenvalue weighted by Gasteiger charge is 2.29. The molecule has 0 saturated carbocycles. The number of halogens is 1. The number of ether oxygens (including phenoxy) is 3. The summed E-state index contributed by atoms with van der Waals surface area (Å²) in [6.45, 7) is 2.55. The fourth-order valence-electron chi connectivity index (χ4n) is 4.31. The summed E-state index contributed by atoms with van der Waals surface area (Å²) >= 11 is 0. The second kappa shape index (κ2) is 8.69. The third kappa shape index (κ3) is 3.91. The van der Waals surface area contributed by atoms with Gasteiger partial charge in [-0.25, -0.2) is 19.2 Å². The molecule has 3 heterocycles. The lowest BCUT2D eigenvalue weighted by Gasteiger charge is -2.22. The predicted octanol–water partition coefficient (Wildman–Crippen LogP) is 4.88. The molecule has 1 fully saturated rings. The molecule has 0 radical (unpaired) electrons. The number of carbonyl (C=O) groups is 1. The highest BCUT2D eigenvalue weighted by Crippen LogP contribution is 2.37. The highest BCUT2D eigenvalue weighted by molar-refractivity contribution is 5.87. The van der Waals surface area contributed by atoms with Gasteiger partial charge in [-0.1, -0.05) is 0 Å².